The molecule has 1 aromatic carbocycles. The summed E-state index contributed by atoms with van der Waals surface area (Å²) in [5.74, 6) is 2.44. The van der Waals surface area contributed by atoms with Gasteiger partial charge in [-0.2, -0.15) is 0 Å². The lowest BCUT2D eigenvalue weighted by molar-refractivity contribution is 0.558. The number of guanidine groups is 1. The minimum absolute atomic E-state index is 0.528. The maximum atomic E-state index is 4.85. The molecule has 2 N–H and O–H groups in total. The number of aliphatic imine (C=N–C) groups is 1. The van der Waals surface area contributed by atoms with Gasteiger partial charge in [-0.15, -0.1) is 10.2 Å². The fourth-order valence-electron chi connectivity index (χ4n) is 3.62. The first-order valence-electron chi connectivity index (χ1n) is 9.78. The number of hydrogen-bond donors (Lipinski definition) is 2. The molecule has 0 saturated heterocycles. The Hall–Kier alpha value is -2.37. The fourth-order valence-corrected chi connectivity index (χ4v) is 3.62. The Morgan fingerprint density at radius 2 is 2.15 bits per heavy atom. The quantitative estimate of drug-likeness (QED) is 0.592. The summed E-state index contributed by atoms with van der Waals surface area (Å²) in [5.41, 5.74) is 2.98. The fraction of sp³-hybridized carbons (Fsp3) is 0.550. The summed E-state index contributed by atoms with van der Waals surface area (Å²) in [7, 11) is 0. The molecule has 140 valence electrons. The number of benzene rings is 1. The first-order chi connectivity index (χ1) is 12.8. The topological polar surface area (TPSA) is 67.1 Å². The third-order valence-corrected chi connectivity index (χ3v) is 4.96. The van der Waals surface area contributed by atoms with Crippen molar-refractivity contribution in [2.24, 2.45) is 4.99 Å². The maximum absolute atomic E-state index is 4.85. The van der Waals surface area contributed by atoms with Gasteiger partial charge in [-0.25, -0.2) is 0 Å². The van der Waals surface area contributed by atoms with Crippen LogP contribution < -0.4 is 10.6 Å². The Kier molecular flexibility index (Phi) is 6.63. The van der Waals surface area contributed by atoms with E-state index in [4.69, 9.17) is 4.99 Å². The molecule has 2 aromatic rings. The molecule has 0 aliphatic heterocycles. The van der Waals surface area contributed by atoms with Gasteiger partial charge in [-0.3, -0.25) is 4.99 Å². The van der Waals surface area contributed by atoms with Crippen molar-refractivity contribution in [1.29, 1.82) is 0 Å². The largest absolute Gasteiger partial charge is 0.357 e. The standard InChI is InChI=1S/C20H30N6/c1-3-19-25-24-15-26(19)13-12-22-20(21-4-2)23-14-17-10-7-9-16-8-5-6-11-18(16)17/h5-6,8,11,15,17H,3-4,7,9-10,12-14H2,1-2H3,(H2,21,22,23). The van der Waals surface area contributed by atoms with Gasteiger partial charge in [0.25, 0.3) is 0 Å². The molecule has 0 bridgehead atoms. The van der Waals surface area contributed by atoms with Gasteiger partial charge in [0.1, 0.15) is 12.2 Å². The lowest BCUT2D eigenvalue weighted by Crippen LogP contribution is -2.39. The summed E-state index contributed by atoms with van der Waals surface area (Å²) >= 11 is 0. The summed E-state index contributed by atoms with van der Waals surface area (Å²) in [5, 5.41) is 14.9. The van der Waals surface area contributed by atoms with E-state index in [1.807, 2.05) is 0 Å². The van der Waals surface area contributed by atoms with Crippen molar-refractivity contribution < 1.29 is 0 Å². The SMILES string of the molecule is CCNC(=NCC1CCCc2ccccc21)NCCn1cnnc1CC. The van der Waals surface area contributed by atoms with Gasteiger partial charge in [0.05, 0.1) is 0 Å². The molecule has 1 atom stereocenters. The van der Waals surface area contributed by atoms with E-state index in [2.05, 4.69) is 63.5 Å². The van der Waals surface area contributed by atoms with Crippen molar-refractivity contribution in [2.75, 3.05) is 19.6 Å². The highest BCUT2D eigenvalue weighted by molar-refractivity contribution is 5.79. The zero-order valence-electron chi connectivity index (χ0n) is 15.9. The van der Waals surface area contributed by atoms with Crippen molar-refractivity contribution >= 4 is 5.96 Å². The number of nitrogens with zero attached hydrogens (tertiary/aromatic N) is 4. The number of hydrogen-bond acceptors (Lipinski definition) is 3. The van der Waals surface area contributed by atoms with Crippen LogP contribution in [0.15, 0.2) is 35.6 Å². The summed E-state index contributed by atoms with van der Waals surface area (Å²) < 4.78 is 2.09. The smallest absolute Gasteiger partial charge is 0.191 e. The summed E-state index contributed by atoms with van der Waals surface area (Å²) in [6.07, 6.45) is 6.38. The molecule has 1 aliphatic rings. The van der Waals surface area contributed by atoms with Crippen LogP contribution in [0.5, 0.6) is 0 Å². The minimum Gasteiger partial charge on any atom is -0.357 e. The molecule has 0 spiro atoms. The molecule has 3 rings (SSSR count). The van der Waals surface area contributed by atoms with Gasteiger partial charge < -0.3 is 15.2 Å². The minimum atomic E-state index is 0.528. The molecule has 1 aromatic heterocycles. The van der Waals surface area contributed by atoms with E-state index in [0.29, 0.717) is 5.92 Å². The van der Waals surface area contributed by atoms with Crippen molar-refractivity contribution in [3.8, 4) is 0 Å². The molecule has 6 heteroatoms. The van der Waals surface area contributed by atoms with Gasteiger partial charge in [0.2, 0.25) is 0 Å². The van der Waals surface area contributed by atoms with E-state index in [0.717, 1.165) is 44.4 Å². The van der Waals surface area contributed by atoms with E-state index in [1.165, 1.54) is 30.4 Å². The van der Waals surface area contributed by atoms with Crippen molar-refractivity contribution in [2.45, 2.75) is 52.0 Å². The predicted octanol–water partition coefficient (Wildman–Crippen LogP) is 2.52. The van der Waals surface area contributed by atoms with Crippen LogP contribution in [0.2, 0.25) is 0 Å². The number of aryl methyl sites for hydroxylation is 2. The third kappa shape index (κ3) is 4.62. The monoisotopic (exact) mass is 354 g/mol. The first-order valence-corrected chi connectivity index (χ1v) is 9.78. The van der Waals surface area contributed by atoms with Gasteiger partial charge in [-0.05, 0) is 37.3 Å². The molecule has 1 unspecified atom stereocenters. The van der Waals surface area contributed by atoms with E-state index >= 15 is 0 Å². The Balaban J connectivity index is 1.57. The van der Waals surface area contributed by atoms with Crippen molar-refractivity contribution in [1.82, 2.24) is 25.4 Å². The Labute approximate surface area is 156 Å². The zero-order chi connectivity index (χ0) is 18.2. The predicted molar refractivity (Wildman–Crippen MR) is 106 cm³/mol. The Morgan fingerprint density at radius 3 is 3.00 bits per heavy atom. The van der Waals surface area contributed by atoms with Crippen LogP contribution in [0.3, 0.4) is 0 Å². The molecule has 1 aliphatic carbocycles. The van der Waals surface area contributed by atoms with Crippen LogP contribution in [-0.2, 0) is 19.4 Å². The lowest BCUT2D eigenvalue weighted by Gasteiger charge is -2.24. The number of fused-ring (bicyclic) bond motifs is 1. The number of rotatable bonds is 7. The highest BCUT2D eigenvalue weighted by Gasteiger charge is 2.19. The molecule has 0 amide bonds. The molecule has 0 fully saturated rings. The zero-order valence-corrected chi connectivity index (χ0v) is 15.9. The maximum Gasteiger partial charge on any atom is 0.191 e. The molecular formula is C20H30N6. The van der Waals surface area contributed by atoms with Gasteiger partial charge in [0.15, 0.2) is 5.96 Å². The summed E-state index contributed by atoms with van der Waals surface area (Å²) in [4.78, 5) is 4.85. The second-order valence-electron chi connectivity index (χ2n) is 6.73. The van der Waals surface area contributed by atoms with Gasteiger partial charge >= 0.3 is 0 Å². The lowest BCUT2D eigenvalue weighted by atomic mass is 9.83. The molecular weight excluding hydrogens is 324 g/mol. The van der Waals surface area contributed by atoms with Crippen LogP contribution in [0.4, 0.5) is 0 Å². The Morgan fingerprint density at radius 1 is 1.27 bits per heavy atom. The van der Waals surface area contributed by atoms with Crippen LogP contribution in [0, 0.1) is 0 Å². The summed E-state index contributed by atoms with van der Waals surface area (Å²) in [6.45, 7) is 7.54. The average Bonchev–Trinajstić information content (AvgIpc) is 3.13. The molecule has 0 saturated carbocycles. The van der Waals surface area contributed by atoms with E-state index < -0.39 is 0 Å². The molecule has 26 heavy (non-hydrogen) atoms. The molecule has 0 radical (unpaired) electrons. The van der Waals surface area contributed by atoms with E-state index in [-0.39, 0.29) is 0 Å². The number of nitrogens with one attached hydrogen (secondary N) is 2. The third-order valence-electron chi connectivity index (χ3n) is 4.96. The second kappa shape index (κ2) is 9.36. The highest BCUT2D eigenvalue weighted by Crippen LogP contribution is 2.31. The van der Waals surface area contributed by atoms with Crippen LogP contribution in [0.25, 0.3) is 0 Å². The Bertz CT molecular complexity index is 721. The first kappa shape index (κ1) is 18.4. The van der Waals surface area contributed by atoms with E-state index in [9.17, 15) is 0 Å². The van der Waals surface area contributed by atoms with Crippen molar-refractivity contribution in [3.63, 3.8) is 0 Å². The van der Waals surface area contributed by atoms with Gasteiger partial charge in [0, 0.05) is 38.5 Å². The van der Waals surface area contributed by atoms with E-state index in [1.54, 1.807) is 6.33 Å². The second-order valence-corrected chi connectivity index (χ2v) is 6.73. The van der Waals surface area contributed by atoms with Crippen LogP contribution in [0.1, 0.15) is 49.6 Å². The average molecular weight is 355 g/mol. The molecule has 1 heterocycles. The van der Waals surface area contributed by atoms with Crippen molar-refractivity contribution in [3.05, 3.63) is 47.5 Å². The normalized spacial score (nSPS) is 17.0. The number of aromatic nitrogens is 3. The van der Waals surface area contributed by atoms with Crippen LogP contribution >= 0.6 is 0 Å². The van der Waals surface area contributed by atoms with Gasteiger partial charge in [-0.1, -0.05) is 31.2 Å². The summed E-state index contributed by atoms with van der Waals surface area (Å²) in [6, 6.07) is 8.83. The van der Waals surface area contributed by atoms with Crippen LogP contribution in [-0.4, -0.2) is 40.4 Å². The highest BCUT2D eigenvalue weighted by atomic mass is 15.3. The molecule has 6 nitrogen and oxygen atoms in total.